The Kier molecular flexibility index (Phi) is 7.41. The van der Waals surface area contributed by atoms with E-state index in [0.717, 1.165) is 16.9 Å². The highest BCUT2D eigenvalue weighted by Gasteiger charge is 2.06. The molecule has 0 bridgehead atoms. The third-order valence-corrected chi connectivity index (χ3v) is 3.90. The molecule has 0 saturated heterocycles. The molecule has 0 saturated carbocycles. The third-order valence-electron chi connectivity index (χ3n) is 3.90. The minimum atomic E-state index is -0.176. The molecule has 6 heteroatoms. The third kappa shape index (κ3) is 6.04. The highest BCUT2D eigenvalue weighted by atomic mass is 19.1. The van der Waals surface area contributed by atoms with Crippen molar-refractivity contribution in [3.63, 3.8) is 0 Å². The van der Waals surface area contributed by atoms with Gasteiger partial charge in [-0.1, -0.05) is 18.2 Å². The van der Waals surface area contributed by atoms with Crippen LogP contribution in [0.15, 0.2) is 47.5 Å². The van der Waals surface area contributed by atoms with E-state index in [-0.39, 0.29) is 5.82 Å². The van der Waals surface area contributed by atoms with Crippen LogP contribution in [0.1, 0.15) is 16.7 Å². The van der Waals surface area contributed by atoms with Crippen LogP contribution in [-0.2, 0) is 19.6 Å². The lowest BCUT2D eigenvalue weighted by Crippen LogP contribution is -2.36. The van der Waals surface area contributed by atoms with E-state index in [0.29, 0.717) is 31.2 Å². The first-order valence-electron chi connectivity index (χ1n) is 8.51. The molecular weight excluding hydrogens is 331 g/mol. The van der Waals surface area contributed by atoms with E-state index >= 15 is 0 Å². The molecule has 140 valence electrons. The van der Waals surface area contributed by atoms with Crippen molar-refractivity contribution in [1.82, 2.24) is 15.5 Å². The van der Waals surface area contributed by atoms with Crippen LogP contribution in [0.25, 0.3) is 0 Å². The summed E-state index contributed by atoms with van der Waals surface area (Å²) in [5, 5.41) is 6.52. The van der Waals surface area contributed by atoms with Crippen molar-refractivity contribution < 1.29 is 9.13 Å². The van der Waals surface area contributed by atoms with Crippen molar-refractivity contribution in [2.24, 2.45) is 4.99 Å². The average molecular weight is 358 g/mol. The number of hydrogen-bond donors (Lipinski definition) is 2. The summed E-state index contributed by atoms with van der Waals surface area (Å²) in [7, 11) is 7.23. The molecular formula is C20H27FN4O. The van der Waals surface area contributed by atoms with Gasteiger partial charge in [-0.2, -0.15) is 0 Å². The summed E-state index contributed by atoms with van der Waals surface area (Å²) in [6.45, 7) is 1.80. The predicted molar refractivity (Wildman–Crippen MR) is 104 cm³/mol. The van der Waals surface area contributed by atoms with Crippen LogP contribution < -0.4 is 15.4 Å². The van der Waals surface area contributed by atoms with Gasteiger partial charge in [0.05, 0.1) is 7.11 Å². The maximum atomic E-state index is 13.9. The average Bonchev–Trinajstić information content (AvgIpc) is 2.64. The monoisotopic (exact) mass is 358 g/mol. The van der Waals surface area contributed by atoms with Crippen molar-refractivity contribution in [3.05, 3.63) is 65.0 Å². The molecule has 2 N–H and O–H groups in total. The fourth-order valence-electron chi connectivity index (χ4n) is 2.54. The number of halogens is 1. The summed E-state index contributed by atoms with van der Waals surface area (Å²) in [5.41, 5.74) is 2.83. The molecule has 0 amide bonds. The van der Waals surface area contributed by atoms with Gasteiger partial charge in [0.1, 0.15) is 11.6 Å². The Morgan fingerprint density at radius 1 is 1.04 bits per heavy atom. The minimum absolute atomic E-state index is 0.176. The first-order valence-corrected chi connectivity index (χ1v) is 8.51. The molecule has 0 atom stereocenters. The highest BCUT2D eigenvalue weighted by molar-refractivity contribution is 5.79. The van der Waals surface area contributed by atoms with Crippen LogP contribution in [-0.4, -0.2) is 39.1 Å². The normalized spacial score (nSPS) is 11.5. The second kappa shape index (κ2) is 9.77. The largest absolute Gasteiger partial charge is 0.497 e. The summed E-state index contributed by atoms with van der Waals surface area (Å²) < 4.78 is 19.0. The first kappa shape index (κ1) is 19.7. The Morgan fingerprint density at radius 3 is 2.23 bits per heavy atom. The van der Waals surface area contributed by atoms with E-state index < -0.39 is 0 Å². The van der Waals surface area contributed by atoms with Crippen molar-refractivity contribution in [1.29, 1.82) is 0 Å². The Morgan fingerprint density at radius 2 is 1.65 bits per heavy atom. The van der Waals surface area contributed by atoms with E-state index in [2.05, 4.69) is 15.6 Å². The summed E-state index contributed by atoms with van der Waals surface area (Å²) in [5.74, 6) is 1.35. The van der Waals surface area contributed by atoms with Gasteiger partial charge in [0.2, 0.25) is 0 Å². The van der Waals surface area contributed by atoms with E-state index in [1.54, 1.807) is 20.2 Å². The summed E-state index contributed by atoms with van der Waals surface area (Å²) in [6, 6.07) is 13.1. The first-order chi connectivity index (χ1) is 12.5. The number of guanidine groups is 1. The lowest BCUT2D eigenvalue weighted by Gasteiger charge is -2.14. The molecule has 0 fully saturated rings. The number of methoxy groups -OCH3 is 1. The standard InChI is InChI=1S/C20H27FN4O/c1-22-20(23-12-15-5-8-18(26-4)9-6-15)24-13-16-7-10-19(21)17(11-16)14-25(2)3/h5-11H,12-14H2,1-4H3,(H2,22,23,24). The SMILES string of the molecule is CN=C(NCc1ccc(OC)cc1)NCc1ccc(F)c(CN(C)C)c1. The second-order valence-electron chi connectivity index (χ2n) is 6.29. The van der Waals surface area contributed by atoms with Gasteiger partial charge in [0.15, 0.2) is 5.96 Å². The molecule has 0 aliphatic rings. The molecule has 5 nitrogen and oxygen atoms in total. The number of nitrogens with zero attached hydrogens (tertiary/aromatic N) is 2. The van der Waals surface area contributed by atoms with Crippen LogP contribution in [0.3, 0.4) is 0 Å². The smallest absolute Gasteiger partial charge is 0.191 e. The highest BCUT2D eigenvalue weighted by Crippen LogP contribution is 2.13. The summed E-state index contributed by atoms with van der Waals surface area (Å²) in [6.07, 6.45) is 0. The zero-order valence-corrected chi connectivity index (χ0v) is 15.8. The van der Waals surface area contributed by atoms with Crippen molar-refractivity contribution in [2.45, 2.75) is 19.6 Å². The molecule has 0 aliphatic carbocycles. The van der Waals surface area contributed by atoms with E-state index in [1.165, 1.54) is 6.07 Å². The quantitative estimate of drug-likeness (QED) is 0.590. The molecule has 26 heavy (non-hydrogen) atoms. The Labute approximate surface area is 154 Å². The zero-order valence-electron chi connectivity index (χ0n) is 15.8. The molecule has 0 unspecified atom stereocenters. The topological polar surface area (TPSA) is 48.9 Å². The molecule has 0 radical (unpaired) electrons. The number of ether oxygens (including phenoxy) is 1. The molecule has 2 rings (SSSR count). The van der Waals surface area contributed by atoms with Gasteiger partial charge in [-0.05, 0) is 49.5 Å². The maximum absolute atomic E-state index is 13.9. The molecule has 0 aliphatic heterocycles. The zero-order chi connectivity index (χ0) is 18.9. The van der Waals surface area contributed by atoms with Crippen molar-refractivity contribution in [2.75, 3.05) is 28.3 Å². The predicted octanol–water partition coefficient (Wildman–Crippen LogP) is 2.76. The van der Waals surface area contributed by atoms with Crippen LogP contribution >= 0.6 is 0 Å². The van der Waals surface area contributed by atoms with Gasteiger partial charge in [-0.15, -0.1) is 0 Å². The van der Waals surface area contributed by atoms with Gasteiger partial charge >= 0.3 is 0 Å². The Balaban J connectivity index is 1.90. The Hall–Kier alpha value is -2.60. The number of aliphatic imine (C=N–C) groups is 1. The van der Waals surface area contributed by atoms with Gasteiger partial charge in [0, 0.05) is 32.2 Å². The van der Waals surface area contributed by atoms with Gasteiger partial charge in [-0.25, -0.2) is 4.39 Å². The van der Waals surface area contributed by atoms with Gasteiger partial charge in [-0.3, -0.25) is 4.99 Å². The molecule has 2 aromatic rings. The lowest BCUT2D eigenvalue weighted by molar-refractivity contribution is 0.392. The van der Waals surface area contributed by atoms with Crippen molar-refractivity contribution in [3.8, 4) is 5.75 Å². The molecule has 0 heterocycles. The van der Waals surface area contributed by atoms with E-state index in [1.807, 2.05) is 49.3 Å². The number of benzene rings is 2. The number of rotatable bonds is 7. The molecule has 2 aromatic carbocycles. The Bertz CT molecular complexity index is 729. The van der Waals surface area contributed by atoms with E-state index in [4.69, 9.17) is 4.74 Å². The fourth-order valence-corrected chi connectivity index (χ4v) is 2.54. The van der Waals surface area contributed by atoms with Crippen LogP contribution in [0.4, 0.5) is 4.39 Å². The minimum Gasteiger partial charge on any atom is -0.497 e. The maximum Gasteiger partial charge on any atom is 0.191 e. The van der Waals surface area contributed by atoms with Crippen LogP contribution in [0, 0.1) is 5.82 Å². The fraction of sp³-hybridized carbons (Fsp3) is 0.350. The van der Waals surface area contributed by atoms with Gasteiger partial charge in [0.25, 0.3) is 0 Å². The molecule has 0 spiro atoms. The lowest BCUT2D eigenvalue weighted by atomic mass is 10.1. The summed E-state index contributed by atoms with van der Waals surface area (Å²) in [4.78, 5) is 6.18. The molecule has 0 aromatic heterocycles. The van der Waals surface area contributed by atoms with Crippen molar-refractivity contribution >= 4 is 5.96 Å². The number of nitrogens with one attached hydrogen (secondary N) is 2. The summed E-state index contributed by atoms with van der Waals surface area (Å²) >= 11 is 0. The second-order valence-corrected chi connectivity index (χ2v) is 6.29. The van der Waals surface area contributed by atoms with E-state index in [9.17, 15) is 4.39 Å². The number of hydrogen-bond acceptors (Lipinski definition) is 3. The van der Waals surface area contributed by atoms with Crippen LogP contribution in [0.5, 0.6) is 5.75 Å². The van der Waals surface area contributed by atoms with Crippen LogP contribution in [0.2, 0.25) is 0 Å². The van der Waals surface area contributed by atoms with Gasteiger partial charge < -0.3 is 20.3 Å².